The number of nitrogens with one attached hydrogen (secondary N) is 14. The molecule has 1 aromatic heterocycles. The van der Waals surface area contributed by atoms with Gasteiger partial charge < -0.3 is 110 Å². The maximum atomic E-state index is 14.3. The van der Waals surface area contributed by atoms with Crippen LogP contribution in [0.5, 0.6) is 0 Å². The van der Waals surface area contributed by atoms with Crippen molar-refractivity contribution in [2.75, 3.05) is 42.6 Å². The van der Waals surface area contributed by atoms with Gasteiger partial charge in [0.25, 0.3) is 0 Å². The van der Waals surface area contributed by atoms with E-state index in [1.54, 1.807) is 38.1 Å². The zero-order valence-electron chi connectivity index (χ0n) is 57.0. The fourth-order valence-corrected chi connectivity index (χ4v) is 11.2. The van der Waals surface area contributed by atoms with Gasteiger partial charge in [0.1, 0.15) is 72.5 Å². The van der Waals surface area contributed by atoms with Gasteiger partial charge in [-0.3, -0.25) is 76.7 Å². The number of aromatic nitrogens is 1. The largest absolute Gasteiger partial charge is 0.481 e. The first-order valence-corrected chi connectivity index (χ1v) is 34.9. The number of aliphatic hydroxyl groups is 2. The van der Waals surface area contributed by atoms with Crippen LogP contribution in [0.4, 0.5) is 0 Å². The molecule has 2 aromatic rings. The minimum absolute atomic E-state index is 0.0638. The van der Waals surface area contributed by atoms with Gasteiger partial charge in [-0.05, 0) is 70.9 Å². The van der Waals surface area contributed by atoms with E-state index < -0.39 is 241 Å². The Labute approximate surface area is 612 Å². The molecule has 1 fully saturated rings. The number of aliphatic hydroxyl groups excluding tert-OH is 2. The summed E-state index contributed by atoms with van der Waals surface area (Å²) in [6, 6.07) is -13.2. The fourth-order valence-electron chi connectivity index (χ4n) is 10.2. The summed E-state index contributed by atoms with van der Waals surface area (Å²) in [7, 11) is 0. The number of hydrogen-bond donors (Lipinski definition) is 24. The summed E-state index contributed by atoms with van der Waals surface area (Å²) in [4.78, 5) is 228. The summed E-state index contributed by atoms with van der Waals surface area (Å²) in [6.45, 7) is 6.90. The van der Waals surface area contributed by atoms with Gasteiger partial charge in [-0.2, -0.15) is 50.5 Å². The third kappa shape index (κ3) is 28.3. The second-order valence-electron chi connectivity index (χ2n) is 24.4. The van der Waals surface area contributed by atoms with Crippen LogP contribution >= 0.6 is 50.5 Å². The Morgan fingerprint density at radius 3 is 1.51 bits per heavy atom. The molecule has 2 heterocycles. The number of aromatic amines is 1. The minimum Gasteiger partial charge on any atom is -0.481 e. The van der Waals surface area contributed by atoms with Gasteiger partial charge in [-0.25, -0.2) is 4.79 Å². The van der Waals surface area contributed by atoms with Crippen LogP contribution in [0.1, 0.15) is 85.6 Å². The Morgan fingerprint density at radius 2 is 1.00 bits per heavy atom. The van der Waals surface area contributed by atoms with Crippen LogP contribution in [-0.2, 0) is 87.9 Å². The van der Waals surface area contributed by atoms with Gasteiger partial charge >= 0.3 is 17.9 Å². The Balaban J connectivity index is 1.73. The number of carboxylic acid groups (broad SMARTS) is 3. The predicted molar refractivity (Wildman–Crippen MR) is 378 cm³/mol. The molecule has 42 heteroatoms. The third-order valence-electron chi connectivity index (χ3n) is 15.7. The van der Waals surface area contributed by atoms with Crippen molar-refractivity contribution in [3.05, 3.63) is 36.0 Å². The number of carbonyl (C=O) groups is 17. The highest BCUT2D eigenvalue weighted by Crippen LogP contribution is 2.21. The predicted octanol–water partition coefficient (Wildman–Crippen LogP) is -7.42. The van der Waals surface area contributed by atoms with Crippen molar-refractivity contribution < 1.29 is 107 Å². The number of nitrogens with zero attached hydrogens (tertiary/aromatic N) is 1. The number of H-pyrrole nitrogens is 1. The fraction of sp³-hybridized carbons (Fsp3) is 0.590. The first-order valence-electron chi connectivity index (χ1n) is 32.3. The van der Waals surface area contributed by atoms with Crippen molar-refractivity contribution in [2.24, 2.45) is 11.7 Å². The molecule has 15 atom stereocenters. The van der Waals surface area contributed by atoms with E-state index in [-0.39, 0.29) is 37.5 Å². The lowest BCUT2D eigenvalue weighted by atomic mass is 10.0. The standard InChI is InChI=1S/C61H92N16O22S4/c1-26(2)16-35(53(90)76-48(30(6)79)61(98)99)71-58(95)42-12-9-15-77(42)60(97)28(4)66-49(86)27(3)65-59(96)47(29(5)78)75-57(94)41(25-103)74-56(93)40(24-102)72-52(89)36(17-31-20-63-33-11-8-7-10-32(31)33)67-44(81)21-64-50(87)37(18-46(84)85)70-51(88)34(13-14-45(82)83)69-55(92)39(23-101)73-54(91)38(22-100)68-43(80)19-62/h7-8,10-11,20,26-30,34-42,47-48,63,78-79,100-103H,9,12-19,21-25,62H2,1-6H3,(H,64,87)(H,65,96)(H,66,86)(H,67,81)(H,68,80)(H,69,92)(H,70,88)(H,71,95)(H,72,89)(H,73,91)(H,74,93)(H,75,94)(H,76,90)(H,82,83)(H,84,85)(H,98,99)/t27-,28-,29+,30+,34-,35-,36-,37-,38-,39-,40-,41-,42-,47-,48-/m0/s1. The van der Waals surface area contributed by atoms with Gasteiger partial charge in [0, 0.05) is 59.5 Å². The summed E-state index contributed by atoms with van der Waals surface area (Å²) in [5, 5.41) is 80.1. The number of thiol groups is 4. The molecular weight excluding hydrogens is 1440 g/mol. The number of rotatable bonds is 43. The molecule has 1 aliphatic heterocycles. The number of carboxylic acids is 3. The monoisotopic (exact) mass is 1530 g/mol. The van der Waals surface area contributed by atoms with Crippen molar-refractivity contribution in [3.63, 3.8) is 0 Å². The smallest absolute Gasteiger partial charge is 0.328 e. The number of carbonyl (C=O) groups excluding carboxylic acids is 14. The maximum Gasteiger partial charge on any atom is 0.328 e. The molecule has 21 N–H and O–H groups in total. The van der Waals surface area contributed by atoms with Crippen LogP contribution in [0, 0.1) is 5.92 Å². The molecule has 0 aliphatic carbocycles. The Hall–Kier alpha value is -8.97. The second-order valence-corrected chi connectivity index (χ2v) is 25.9. The van der Waals surface area contributed by atoms with Crippen molar-refractivity contribution in [2.45, 2.75) is 177 Å². The van der Waals surface area contributed by atoms with E-state index >= 15 is 0 Å². The number of amides is 14. The number of likely N-dealkylation sites (tertiary alicyclic amines) is 1. The molecule has 1 aromatic carbocycles. The van der Waals surface area contributed by atoms with Gasteiger partial charge in [-0.1, -0.05) is 32.0 Å². The lowest BCUT2D eigenvalue weighted by Gasteiger charge is -2.30. The molecule has 1 saturated heterocycles. The van der Waals surface area contributed by atoms with E-state index in [9.17, 15) is 107 Å². The van der Waals surface area contributed by atoms with Crippen LogP contribution < -0.4 is 74.9 Å². The first kappa shape index (κ1) is 88.2. The number of fused-ring (bicyclic) bond motifs is 1. The van der Waals surface area contributed by atoms with Gasteiger partial charge in [0.05, 0.1) is 31.7 Å². The summed E-state index contributed by atoms with van der Waals surface area (Å²) in [5.74, 6) is -20.4. The van der Waals surface area contributed by atoms with E-state index in [1.165, 1.54) is 24.9 Å². The van der Waals surface area contributed by atoms with Crippen molar-refractivity contribution >= 4 is 162 Å². The van der Waals surface area contributed by atoms with Crippen molar-refractivity contribution in [1.29, 1.82) is 0 Å². The molecule has 0 unspecified atom stereocenters. The van der Waals surface area contributed by atoms with Gasteiger partial charge in [0.15, 0.2) is 6.04 Å². The molecule has 14 amide bonds. The SMILES string of the molecule is CC(C)C[C@H](NC(=O)[C@@H]1CCCN1C(=O)[C@H](C)NC(=O)[C@H](C)NC(=O)[C@@H](NC(=O)[C@H](CS)NC(=O)[C@H](CS)NC(=O)[C@H](Cc1c[nH]c2ccccc12)NC(=O)CNC(=O)[C@H](CC(=O)O)NC(=O)[C@H](CCC(=O)O)NC(=O)[C@H](CS)NC(=O)[C@H](CS)NC(=O)CN)[C@@H](C)O)C(=O)N[C@H](C(=O)O)[C@@H](C)O. The van der Waals surface area contributed by atoms with Gasteiger partial charge in [-0.15, -0.1) is 0 Å². The van der Waals surface area contributed by atoms with Crippen LogP contribution in [0.15, 0.2) is 30.5 Å². The summed E-state index contributed by atoms with van der Waals surface area (Å²) < 4.78 is 0. The molecule has 0 radical (unpaired) electrons. The second kappa shape index (κ2) is 43.2. The van der Waals surface area contributed by atoms with Crippen molar-refractivity contribution in [3.8, 4) is 0 Å². The molecule has 0 spiro atoms. The van der Waals surface area contributed by atoms with E-state index in [2.05, 4.69) is 125 Å². The topological polar surface area (TPSA) is 593 Å². The normalized spacial score (nSPS) is 16.7. The number of aliphatic carboxylic acids is 3. The highest BCUT2D eigenvalue weighted by Gasteiger charge is 2.41. The van der Waals surface area contributed by atoms with E-state index in [4.69, 9.17) is 5.73 Å². The summed E-state index contributed by atoms with van der Waals surface area (Å²) >= 11 is 16.5. The summed E-state index contributed by atoms with van der Waals surface area (Å²) in [5.41, 5.74) is 6.36. The first-order chi connectivity index (χ1) is 48.4. The van der Waals surface area contributed by atoms with Crippen LogP contribution in [0.2, 0.25) is 0 Å². The number of hydrogen-bond acceptors (Lipinski definition) is 24. The number of benzene rings is 1. The third-order valence-corrected chi connectivity index (χ3v) is 17.2. The summed E-state index contributed by atoms with van der Waals surface area (Å²) in [6.07, 6.45) is -3.88. The number of para-hydroxylation sites is 1. The molecule has 572 valence electrons. The molecule has 38 nitrogen and oxygen atoms in total. The molecule has 0 bridgehead atoms. The van der Waals surface area contributed by atoms with Crippen LogP contribution in [0.3, 0.4) is 0 Å². The minimum atomic E-state index is -2.01. The Bertz CT molecular complexity index is 3400. The van der Waals surface area contributed by atoms with Crippen molar-refractivity contribution in [1.82, 2.24) is 79.0 Å². The highest BCUT2D eigenvalue weighted by molar-refractivity contribution is 7.80. The Kier molecular flexibility index (Phi) is 37.0. The maximum absolute atomic E-state index is 14.3. The molecule has 3 rings (SSSR count). The lowest BCUT2D eigenvalue weighted by Crippen LogP contribution is -2.62. The molecule has 0 saturated carbocycles. The van der Waals surface area contributed by atoms with E-state index in [0.717, 1.165) is 13.8 Å². The average Bonchev–Trinajstić information content (AvgIpc) is 1.72. The lowest BCUT2D eigenvalue weighted by molar-refractivity contribution is -0.146. The highest BCUT2D eigenvalue weighted by atomic mass is 32.1. The Morgan fingerprint density at radius 1 is 0.524 bits per heavy atom. The molecule has 1 aliphatic rings. The van der Waals surface area contributed by atoms with E-state index in [0.29, 0.717) is 22.9 Å². The quantitative estimate of drug-likeness (QED) is 0.0274. The molecule has 103 heavy (non-hydrogen) atoms. The molecular formula is C61H92N16O22S4. The van der Waals surface area contributed by atoms with E-state index in [1.807, 2.05) is 0 Å². The van der Waals surface area contributed by atoms with Crippen LogP contribution in [0.25, 0.3) is 10.9 Å². The number of nitrogens with two attached hydrogens (primary N) is 1. The zero-order valence-corrected chi connectivity index (χ0v) is 60.6. The average molecular weight is 1530 g/mol. The van der Waals surface area contributed by atoms with Crippen LogP contribution in [-0.4, -0.2) is 269 Å². The van der Waals surface area contributed by atoms with Gasteiger partial charge in [0.2, 0.25) is 82.7 Å². The zero-order chi connectivity index (χ0) is 77.7.